The van der Waals surface area contributed by atoms with Gasteiger partial charge in [0.1, 0.15) is 6.04 Å². The predicted molar refractivity (Wildman–Crippen MR) is 63.5 cm³/mol. The van der Waals surface area contributed by atoms with E-state index in [1.165, 1.54) is 12.1 Å². The lowest BCUT2D eigenvalue weighted by molar-refractivity contribution is -0.139. The van der Waals surface area contributed by atoms with Gasteiger partial charge in [0.05, 0.1) is 5.56 Å². The van der Waals surface area contributed by atoms with Crippen molar-refractivity contribution >= 4 is 18.0 Å². The van der Waals surface area contributed by atoms with E-state index in [2.05, 4.69) is 4.74 Å². The van der Waals surface area contributed by atoms with Crippen LogP contribution < -0.4 is 5.32 Å². The lowest BCUT2D eigenvalue weighted by atomic mass is 10.2. The number of carbonyl (C=O) groups is 3. The molecule has 3 N–H and O–H groups in total. The van der Waals surface area contributed by atoms with Gasteiger partial charge in [-0.15, -0.1) is 0 Å². The van der Waals surface area contributed by atoms with E-state index in [4.69, 9.17) is 10.2 Å². The molecule has 102 valence electrons. The van der Waals surface area contributed by atoms with Crippen LogP contribution in [-0.2, 0) is 9.53 Å². The number of amides is 1. The molecule has 0 aliphatic rings. The smallest absolute Gasteiger partial charge is 0.415 e. The van der Waals surface area contributed by atoms with Crippen molar-refractivity contribution in [2.45, 2.75) is 12.5 Å². The van der Waals surface area contributed by atoms with Crippen molar-refractivity contribution in [2.75, 3.05) is 6.61 Å². The van der Waals surface area contributed by atoms with Gasteiger partial charge in [-0.1, -0.05) is 18.2 Å². The highest BCUT2D eigenvalue weighted by atomic mass is 16.6. The topological polar surface area (TPSA) is 113 Å². The summed E-state index contributed by atoms with van der Waals surface area (Å²) in [5.74, 6) is -2.20. The van der Waals surface area contributed by atoms with Gasteiger partial charge in [-0.05, 0) is 12.1 Å². The number of carboxylic acids is 1. The average Bonchev–Trinajstić information content (AvgIpc) is 2.39. The van der Waals surface area contributed by atoms with Gasteiger partial charge in [-0.25, -0.2) is 14.4 Å². The molecule has 0 saturated heterocycles. The number of carboxylic acid groups (broad SMARTS) is 1. The normalized spacial score (nSPS) is 11.4. The van der Waals surface area contributed by atoms with E-state index in [9.17, 15) is 14.4 Å². The molecule has 19 heavy (non-hydrogen) atoms. The SMILES string of the molecule is O=C(N[C@@H](CCO)C(=O)O)OC(=O)c1ccccc1. The first-order valence-electron chi connectivity index (χ1n) is 5.46. The number of nitrogens with one attached hydrogen (secondary N) is 1. The number of rotatable bonds is 5. The van der Waals surface area contributed by atoms with E-state index in [0.29, 0.717) is 0 Å². The summed E-state index contributed by atoms with van der Waals surface area (Å²) >= 11 is 0. The van der Waals surface area contributed by atoms with Gasteiger partial charge >= 0.3 is 18.0 Å². The number of benzene rings is 1. The molecule has 0 aromatic heterocycles. The van der Waals surface area contributed by atoms with Gasteiger partial charge in [-0.3, -0.25) is 0 Å². The molecule has 0 radical (unpaired) electrons. The molecule has 0 spiro atoms. The number of aliphatic hydroxyl groups is 1. The van der Waals surface area contributed by atoms with Crippen molar-refractivity contribution in [3.8, 4) is 0 Å². The molecule has 1 rings (SSSR count). The summed E-state index contributed by atoms with van der Waals surface area (Å²) in [5, 5.41) is 19.4. The third-order valence-electron chi connectivity index (χ3n) is 2.20. The maximum Gasteiger partial charge on any atom is 0.415 e. The molecular weight excluding hydrogens is 254 g/mol. The van der Waals surface area contributed by atoms with E-state index >= 15 is 0 Å². The zero-order valence-corrected chi connectivity index (χ0v) is 9.91. The molecule has 0 unspecified atom stereocenters. The monoisotopic (exact) mass is 267 g/mol. The first kappa shape index (κ1) is 14.7. The lowest BCUT2D eigenvalue weighted by Gasteiger charge is -2.12. The highest BCUT2D eigenvalue weighted by Gasteiger charge is 2.21. The van der Waals surface area contributed by atoms with Crippen LogP contribution in [0, 0.1) is 0 Å². The van der Waals surface area contributed by atoms with Gasteiger partial charge in [0.2, 0.25) is 0 Å². The van der Waals surface area contributed by atoms with Crippen LogP contribution in [0.3, 0.4) is 0 Å². The molecule has 0 heterocycles. The molecule has 1 atom stereocenters. The van der Waals surface area contributed by atoms with Gasteiger partial charge in [0.15, 0.2) is 0 Å². The number of hydrogen-bond acceptors (Lipinski definition) is 5. The molecule has 7 nitrogen and oxygen atoms in total. The van der Waals surface area contributed by atoms with Crippen LogP contribution in [0.1, 0.15) is 16.8 Å². The second kappa shape index (κ2) is 7.12. The standard InChI is InChI=1S/C12H13NO6/c14-7-6-9(10(15)16)13-12(18)19-11(17)8-4-2-1-3-5-8/h1-5,9,14H,6-7H2,(H,13,18)(H,15,16)/t9-/m0/s1. The molecule has 1 amide bonds. The Morgan fingerprint density at radius 2 is 1.84 bits per heavy atom. The number of aliphatic carboxylic acids is 1. The number of esters is 1. The number of hydrogen-bond donors (Lipinski definition) is 3. The van der Waals surface area contributed by atoms with Crippen LogP contribution in [-0.4, -0.2) is 40.9 Å². The van der Waals surface area contributed by atoms with E-state index < -0.39 is 30.7 Å². The quantitative estimate of drug-likeness (QED) is 0.525. The lowest BCUT2D eigenvalue weighted by Crippen LogP contribution is -2.42. The number of ether oxygens (including phenoxy) is 1. The second-order valence-corrected chi connectivity index (χ2v) is 3.59. The summed E-state index contributed by atoms with van der Waals surface area (Å²) in [6.07, 6.45) is -1.35. The van der Waals surface area contributed by atoms with Crippen molar-refractivity contribution in [1.82, 2.24) is 5.32 Å². The molecule has 0 aliphatic heterocycles. The van der Waals surface area contributed by atoms with Gasteiger partial charge in [0.25, 0.3) is 0 Å². The Bertz CT molecular complexity index is 459. The first-order chi connectivity index (χ1) is 9.04. The van der Waals surface area contributed by atoms with Crippen LogP contribution in [0.4, 0.5) is 4.79 Å². The van der Waals surface area contributed by atoms with Crippen molar-refractivity contribution in [2.24, 2.45) is 0 Å². The third-order valence-corrected chi connectivity index (χ3v) is 2.20. The molecular formula is C12H13NO6. The zero-order chi connectivity index (χ0) is 14.3. The molecule has 1 aromatic rings. The minimum Gasteiger partial charge on any atom is -0.480 e. The second-order valence-electron chi connectivity index (χ2n) is 3.59. The highest BCUT2D eigenvalue weighted by Crippen LogP contribution is 2.02. The van der Waals surface area contributed by atoms with Crippen molar-refractivity contribution in [3.05, 3.63) is 35.9 Å². The number of carbonyl (C=O) groups excluding carboxylic acids is 2. The van der Waals surface area contributed by atoms with Crippen LogP contribution in [0.2, 0.25) is 0 Å². The molecule has 1 aromatic carbocycles. The zero-order valence-electron chi connectivity index (χ0n) is 9.91. The summed E-state index contributed by atoms with van der Waals surface area (Å²) in [4.78, 5) is 33.5. The molecule has 0 fully saturated rings. The fraction of sp³-hybridized carbons (Fsp3) is 0.250. The maximum atomic E-state index is 11.5. The average molecular weight is 267 g/mol. The highest BCUT2D eigenvalue weighted by molar-refractivity contribution is 5.97. The Morgan fingerprint density at radius 1 is 1.21 bits per heavy atom. The largest absolute Gasteiger partial charge is 0.480 e. The molecule has 0 bridgehead atoms. The number of alkyl carbamates (subject to hydrolysis) is 1. The van der Waals surface area contributed by atoms with Gasteiger partial charge in [-0.2, -0.15) is 0 Å². The van der Waals surface area contributed by atoms with E-state index in [1.807, 2.05) is 5.32 Å². The summed E-state index contributed by atoms with van der Waals surface area (Å²) in [7, 11) is 0. The summed E-state index contributed by atoms with van der Waals surface area (Å²) < 4.78 is 4.43. The van der Waals surface area contributed by atoms with Crippen molar-refractivity contribution in [3.63, 3.8) is 0 Å². The third kappa shape index (κ3) is 4.76. The van der Waals surface area contributed by atoms with E-state index in [1.54, 1.807) is 18.2 Å². The summed E-state index contributed by atoms with van der Waals surface area (Å²) in [6.45, 7) is -0.413. The molecule has 7 heteroatoms. The Hall–Kier alpha value is -2.41. The van der Waals surface area contributed by atoms with Crippen molar-refractivity contribution in [1.29, 1.82) is 0 Å². The Morgan fingerprint density at radius 3 is 2.37 bits per heavy atom. The van der Waals surface area contributed by atoms with E-state index in [0.717, 1.165) is 0 Å². The fourth-order valence-corrected chi connectivity index (χ4v) is 1.28. The van der Waals surface area contributed by atoms with E-state index in [-0.39, 0.29) is 12.0 Å². The Balaban J connectivity index is 2.55. The van der Waals surface area contributed by atoms with Crippen LogP contribution >= 0.6 is 0 Å². The fourth-order valence-electron chi connectivity index (χ4n) is 1.28. The Kier molecular flexibility index (Phi) is 5.49. The predicted octanol–water partition coefficient (Wildman–Crippen LogP) is 0.389. The summed E-state index contributed by atoms with van der Waals surface area (Å²) in [5.41, 5.74) is 0.173. The first-order valence-corrected chi connectivity index (χ1v) is 5.46. The van der Waals surface area contributed by atoms with Gasteiger partial charge < -0.3 is 20.3 Å². The van der Waals surface area contributed by atoms with Crippen LogP contribution in [0.5, 0.6) is 0 Å². The molecule has 0 aliphatic carbocycles. The maximum absolute atomic E-state index is 11.5. The van der Waals surface area contributed by atoms with Crippen LogP contribution in [0.15, 0.2) is 30.3 Å². The molecule has 0 saturated carbocycles. The van der Waals surface area contributed by atoms with Gasteiger partial charge in [0, 0.05) is 13.0 Å². The van der Waals surface area contributed by atoms with Crippen LogP contribution in [0.25, 0.3) is 0 Å². The Labute approximate surface area is 108 Å². The number of aliphatic hydroxyl groups excluding tert-OH is 1. The minimum atomic E-state index is -1.32. The van der Waals surface area contributed by atoms with Crippen molar-refractivity contribution < 1.29 is 29.3 Å². The minimum absolute atomic E-state index is 0.173. The summed E-state index contributed by atoms with van der Waals surface area (Å²) in [6, 6.07) is 6.50.